The molecule has 0 fully saturated rings. The Bertz CT molecular complexity index is 138. The van der Waals surface area contributed by atoms with Crippen molar-refractivity contribution in [3.05, 3.63) is 0 Å². The average molecular weight is 190 g/mol. The van der Waals surface area contributed by atoms with E-state index in [0.29, 0.717) is 6.42 Å². The van der Waals surface area contributed by atoms with Crippen LogP contribution in [0.3, 0.4) is 0 Å². The number of carbonyl (C=O) groups is 1. The first-order valence-electron chi connectivity index (χ1n) is 4.25. The van der Waals surface area contributed by atoms with E-state index in [1.807, 2.05) is 20.8 Å². The van der Waals surface area contributed by atoms with Gasteiger partial charge in [0.15, 0.2) is 0 Å². The lowest BCUT2D eigenvalue weighted by Gasteiger charge is -2.19. The van der Waals surface area contributed by atoms with Crippen LogP contribution in [0.15, 0.2) is 0 Å². The largest absolute Gasteiger partial charge is 0.460 e. The van der Waals surface area contributed by atoms with Gasteiger partial charge >= 0.3 is 5.97 Å². The number of thioether (sulfide) groups is 1. The van der Waals surface area contributed by atoms with E-state index in [-0.39, 0.29) is 11.6 Å². The van der Waals surface area contributed by atoms with Gasteiger partial charge < -0.3 is 4.74 Å². The lowest BCUT2D eigenvalue weighted by Crippen LogP contribution is -2.24. The van der Waals surface area contributed by atoms with Gasteiger partial charge in [-0.25, -0.2) is 0 Å². The van der Waals surface area contributed by atoms with Crippen molar-refractivity contribution in [2.75, 3.05) is 11.5 Å². The Morgan fingerprint density at radius 3 is 2.42 bits per heavy atom. The summed E-state index contributed by atoms with van der Waals surface area (Å²) in [5.74, 6) is 1.83. The molecule has 0 spiro atoms. The Morgan fingerprint density at radius 1 is 1.42 bits per heavy atom. The first-order valence-corrected chi connectivity index (χ1v) is 5.41. The van der Waals surface area contributed by atoms with Crippen LogP contribution < -0.4 is 0 Å². The maximum absolute atomic E-state index is 11.1. The number of hydrogen-bond acceptors (Lipinski definition) is 3. The van der Waals surface area contributed by atoms with Crippen LogP contribution in [0.25, 0.3) is 0 Å². The van der Waals surface area contributed by atoms with Crippen molar-refractivity contribution in [2.24, 2.45) is 0 Å². The SMILES string of the molecule is CCSCCC(=O)OC(C)(C)C. The maximum Gasteiger partial charge on any atom is 0.307 e. The molecule has 0 aromatic rings. The van der Waals surface area contributed by atoms with Crippen molar-refractivity contribution >= 4 is 17.7 Å². The van der Waals surface area contributed by atoms with Crippen LogP contribution >= 0.6 is 11.8 Å². The third-order valence-electron chi connectivity index (χ3n) is 1.07. The second-order valence-electron chi connectivity index (χ2n) is 3.53. The minimum atomic E-state index is -0.339. The summed E-state index contributed by atoms with van der Waals surface area (Å²) in [6, 6.07) is 0. The highest BCUT2D eigenvalue weighted by molar-refractivity contribution is 7.99. The quantitative estimate of drug-likeness (QED) is 0.503. The second-order valence-corrected chi connectivity index (χ2v) is 4.93. The zero-order chi connectivity index (χ0) is 9.61. The first-order chi connectivity index (χ1) is 5.45. The minimum absolute atomic E-state index is 0.0940. The zero-order valence-electron chi connectivity index (χ0n) is 8.35. The highest BCUT2D eigenvalue weighted by Gasteiger charge is 2.15. The molecule has 0 aromatic heterocycles. The fourth-order valence-corrected chi connectivity index (χ4v) is 1.29. The topological polar surface area (TPSA) is 26.3 Å². The van der Waals surface area contributed by atoms with Crippen molar-refractivity contribution in [3.8, 4) is 0 Å². The van der Waals surface area contributed by atoms with E-state index < -0.39 is 0 Å². The molecule has 12 heavy (non-hydrogen) atoms. The van der Waals surface area contributed by atoms with E-state index in [2.05, 4.69) is 6.92 Å². The average Bonchev–Trinajstić information content (AvgIpc) is 1.84. The standard InChI is InChI=1S/C9H18O2S/c1-5-12-7-6-8(10)11-9(2,3)4/h5-7H2,1-4H3. The highest BCUT2D eigenvalue weighted by Crippen LogP contribution is 2.10. The van der Waals surface area contributed by atoms with Gasteiger partial charge in [-0.1, -0.05) is 6.92 Å². The molecule has 0 unspecified atom stereocenters. The minimum Gasteiger partial charge on any atom is -0.460 e. The van der Waals surface area contributed by atoms with Crippen LogP contribution in [0.1, 0.15) is 34.1 Å². The smallest absolute Gasteiger partial charge is 0.307 e. The summed E-state index contributed by atoms with van der Waals surface area (Å²) in [5, 5.41) is 0. The molecule has 0 aliphatic heterocycles. The van der Waals surface area contributed by atoms with Gasteiger partial charge in [0.2, 0.25) is 0 Å². The fraction of sp³-hybridized carbons (Fsp3) is 0.889. The Kier molecular flexibility index (Phi) is 5.38. The van der Waals surface area contributed by atoms with Crippen LogP contribution in [-0.4, -0.2) is 23.1 Å². The van der Waals surface area contributed by atoms with Crippen molar-refractivity contribution < 1.29 is 9.53 Å². The Hall–Kier alpha value is -0.180. The summed E-state index contributed by atoms with van der Waals surface area (Å²) in [7, 11) is 0. The lowest BCUT2D eigenvalue weighted by atomic mass is 10.2. The van der Waals surface area contributed by atoms with Crippen molar-refractivity contribution in [2.45, 2.75) is 39.7 Å². The summed E-state index contributed by atoms with van der Waals surface area (Å²) in [5.41, 5.74) is -0.339. The lowest BCUT2D eigenvalue weighted by molar-refractivity contribution is -0.154. The molecular formula is C9H18O2S. The summed E-state index contributed by atoms with van der Waals surface area (Å²) in [6.45, 7) is 7.74. The van der Waals surface area contributed by atoms with Crippen molar-refractivity contribution in [1.29, 1.82) is 0 Å². The van der Waals surface area contributed by atoms with Crippen molar-refractivity contribution in [1.82, 2.24) is 0 Å². The molecule has 0 radical (unpaired) electrons. The van der Waals surface area contributed by atoms with E-state index in [4.69, 9.17) is 4.74 Å². The molecule has 0 bridgehead atoms. The van der Waals surface area contributed by atoms with Gasteiger partial charge in [-0.05, 0) is 26.5 Å². The van der Waals surface area contributed by atoms with E-state index in [1.165, 1.54) is 0 Å². The van der Waals surface area contributed by atoms with E-state index in [0.717, 1.165) is 11.5 Å². The number of ether oxygens (including phenoxy) is 1. The summed E-state index contributed by atoms with van der Waals surface area (Å²) < 4.78 is 5.13. The van der Waals surface area contributed by atoms with Gasteiger partial charge in [-0.3, -0.25) is 4.79 Å². The molecular weight excluding hydrogens is 172 g/mol. The monoisotopic (exact) mass is 190 g/mol. The third kappa shape index (κ3) is 7.92. The van der Waals surface area contributed by atoms with E-state index >= 15 is 0 Å². The molecule has 0 aliphatic rings. The Labute approximate surface area is 79.1 Å². The van der Waals surface area contributed by atoms with Crippen LogP contribution in [0.5, 0.6) is 0 Å². The molecule has 72 valence electrons. The zero-order valence-corrected chi connectivity index (χ0v) is 9.16. The summed E-state index contributed by atoms with van der Waals surface area (Å²) in [6.07, 6.45) is 0.524. The fourth-order valence-electron chi connectivity index (χ4n) is 0.692. The number of hydrogen-bond donors (Lipinski definition) is 0. The van der Waals surface area contributed by atoms with Crippen LogP contribution in [0.2, 0.25) is 0 Å². The summed E-state index contributed by atoms with van der Waals surface area (Å²) in [4.78, 5) is 11.1. The number of rotatable bonds is 4. The van der Waals surface area contributed by atoms with E-state index in [9.17, 15) is 4.79 Å². The van der Waals surface area contributed by atoms with Gasteiger partial charge in [0.1, 0.15) is 5.60 Å². The molecule has 0 aromatic carbocycles. The summed E-state index contributed by atoms with van der Waals surface area (Å²) >= 11 is 1.76. The third-order valence-corrected chi connectivity index (χ3v) is 1.98. The predicted molar refractivity (Wildman–Crippen MR) is 53.5 cm³/mol. The van der Waals surface area contributed by atoms with Crippen molar-refractivity contribution in [3.63, 3.8) is 0 Å². The molecule has 2 nitrogen and oxygen atoms in total. The molecule has 0 amide bonds. The van der Waals surface area contributed by atoms with Crippen LogP contribution in [-0.2, 0) is 9.53 Å². The second kappa shape index (κ2) is 5.46. The number of carbonyl (C=O) groups excluding carboxylic acids is 1. The Balaban J connectivity index is 3.47. The van der Waals surface area contributed by atoms with Crippen LogP contribution in [0, 0.1) is 0 Å². The molecule has 0 atom stereocenters. The van der Waals surface area contributed by atoms with Gasteiger partial charge in [-0.2, -0.15) is 11.8 Å². The molecule has 0 aliphatic carbocycles. The first kappa shape index (κ1) is 11.8. The normalized spacial score (nSPS) is 11.3. The van der Waals surface area contributed by atoms with E-state index in [1.54, 1.807) is 11.8 Å². The molecule has 0 saturated carbocycles. The molecule has 3 heteroatoms. The van der Waals surface area contributed by atoms with Gasteiger partial charge in [-0.15, -0.1) is 0 Å². The van der Waals surface area contributed by atoms with Gasteiger partial charge in [0.05, 0.1) is 6.42 Å². The highest BCUT2D eigenvalue weighted by atomic mass is 32.2. The van der Waals surface area contributed by atoms with Gasteiger partial charge in [0.25, 0.3) is 0 Å². The molecule has 0 N–H and O–H groups in total. The Morgan fingerprint density at radius 2 is 2.00 bits per heavy atom. The maximum atomic E-state index is 11.1. The van der Waals surface area contributed by atoms with Gasteiger partial charge in [0, 0.05) is 5.75 Å². The molecule has 0 saturated heterocycles. The number of esters is 1. The van der Waals surface area contributed by atoms with Crippen LogP contribution in [0.4, 0.5) is 0 Å². The predicted octanol–water partition coefficient (Wildman–Crippen LogP) is 2.47. The molecule has 0 rings (SSSR count). The molecule has 0 heterocycles.